The monoisotopic (exact) mass is 324 g/mol. The Morgan fingerprint density at radius 1 is 1.22 bits per heavy atom. The molecule has 23 heavy (non-hydrogen) atoms. The summed E-state index contributed by atoms with van der Waals surface area (Å²) in [5, 5.41) is 10.4. The van der Waals surface area contributed by atoms with Crippen LogP contribution in [0, 0.1) is 5.92 Å². The topological polar surface area (TPSA) is 36.4 Å². The molecule has 3 nitrogen and oxygen atoms in total. The number of aromatic nitrogens is 1. The number of alkyl halides is 3. The molecule has 1 saturated heterocycles. The van der Waals surface area contributed by atoms with Crippen LogP contribution in [0.3, 0.4) is 0 Å². The summed E-state index contributed by atoms with van der Waals surface area (Å²) in [5.41, 5.74) is 2.06. The minimum absolute atomic E-state index is 0.371. The van der Waals surface area contributed by atoms with Crippen molar-refractivity contribution in [1.29, 1.82) is 0 Å². The molecule has 1 fully saturated rings. The predicted octanol–water partition coefficient (Wildman–Crippen LogP) is 3.37. The van der Waals surface area contributed by atoms with Gasteiger partial charge in [0.15, 0.2) is 6.10 Å². The molecule has 2 aromatic rings. The van der Waals surface area contributed by atoms with Gasteiger partial charge in [-0.2, -0.15) is 13.2 Å². The van der Waals surface area contributed by atoms with E-state index in [9.17, 15) is 18.3 Å². The highest BCUT2D eigenvalue weighted by Crippen LogP contribution is 2.32. The molecule has 0 spiro atoms. The van der Waals surface area contributed by atoms with Crippen molar-refractivity contribution in [2.45, 2.75) is 31.7 Å². The van der Waals surface area contributed by atoms with Gasteiger partial charge in [0.1, 0.15) is 0 Å². The maximum absolute atomic E-state index is 12.6. The van der Waals surface area contributed by atoms with Gasteiger partial charge in [0.25, 0.3) is 0 Å². The van der Waals surface area contributed by atoms with Crippen LogP contribution in [0.4, 0.5) is 13.2 Å². The summed E-state index contributed by atoms with van der Waals surface area (Å²) in [6.07, 6.45) is -4.22. The number of piperidine rings is 1. The largest absolute Gasteiger partial charge is 0.414 e. The highest BCUT2D eigenvalue weighted by Gasteiger charge is 2.44. The van der Waals surface area contributed by atoms with Gasteiger partial charge in [0.2, 0.25) is 0 Å². The maximum Gasteiger partial charge on any atom is 0.414 e. The molecular formula is C17H19F3N2O. The van der Waals surface area contributed by atoms with E-state index in [0.29, 0.717) is 32.5 Å². The number of hydrogen-bond donors (Lipinski definition) is 1. The first kappa shape index (κ1) is 16.2. The van der Waals surface area contributed by atoms with Crippen molar-refractivity contribution in [3.63, 3.8) is 0 Å². The number of aliphatic hydroxyl groups is 1. The first-order valence-corrected chi connectivity index (χ1v) is 7.74. The standard InChI is InChI=1S/C17H19F3N2O/c18-17(19,20)16(23)13-5-8-22(9-6-13)11-12-3-4-15-14(10-12)2-1-7-21-15/h1-4,7,10,13,16,23H,5-6,8-9,11H2. The molecule has 1 aromatic carbocycles. The molecule has 1 atom stereocenters. The summed E-state index contributed by atoms with van der Waals surface area (Å²) in [4.78, 5) is 6.41. The fourth-order valence-electron chi connectivity index (χ4n) is 3.18. The van der Waals surface area contributed by atoms with Crippen molar-refractivity contribution in [3.05, 3.63) is 42.1 Å². The van der Waals surface area contributed by atoms with Crippen LogP contribution >= 0.6 is 0 Å². The summed E-state index contributed by atoms with van der Waals surface area (Å²) in [5.74, 6) is -0.688. The molecule has 0 saturated carbocycles. The molecule has 0 amide bonds. The van der Waals surface area contributed by atoms with Gasteiger partial charge in [-0.05, 0) is 55.6 Å². The summed E-state index contributed by atoms with van der Waals surface area (Å²) in [6, 6.07) is 9.92. The lowest BCUT2D eigenvalue weighted by Crippen LogP contribution is -2.43. The summed E-state index contributed by atoms with van der Waals surface area (Å²) < 4.78 is 37.7. The number of fused-ring (bicyclic) bond motifs is 1. The summed E-state index contributed by atoms with van der Waals surface area (Å²) in [7, 11) is 0. The van der Waals surface area contributed by atoms with Crippen LogP contribution in [0.2, 0.25) is 0 Å². The van der Waals surface area contributed by atoms with Crippen LogP contribution in [0.5, 0.6) is 0 Å². The number of hydrogen-bond acceptors (Lipinski definition) is 3. The van der Waals surface area contributed by atoms with Crippen LogP contribution in [0.15, 0.2) is 36.5 Å². The van der Waals surface area contributed by atoms with E-state index in [1.54, 1.807) is 6.20 Å². The van der Waals surface area contributed by atoms with Gasteiger partial charge in [-0.1, -0.05) is 12.1 Å². The normalized spacial score (nSPS) is 19.1. The first-order valence-electron chi connectivity index (χ1n) is 7.74. The average molecular weight is 324 g/mol. The number of likely N-dealkylation sites (tertiary alicyclic amines) is 1. The van der Waals surface area contributed by atoms with Crippen LogP contribution in [0.25, 0.3) is 10.9 Å². The molecule has 0 aliphatic carbocycles. The second-order valence-electron chi connectivity index (χ2n) is 6.13. The Balaban J connectivity index is 1.59. The van der Waals surface area contributed by atoms with E-state index in [-0.39, 0.29) is 0 Å². The van der Waals surface area contributed by atoms with Crippen LogP contribution in [0.1, 0.15) is 18.4 Å². The van der Waals surface area contributed by atoms with Gasteiger partial charge in [0, 0.05) is 18.1 Å². The van der Waals surface area contributed by atoms with Crippen molar-refractivity contribution in [1.82, 2.24) is 9.88 Å². The number of pyridine rings is 1. The minimum Gasteiger partial charge on any atom is -0.383 e. The second kappa shape index (κ2) is 6.45. The highest BCUT2D eigenvalue weighted by atomic mass is 19.4. The SMILES string of the molecule is OC(C1CCN(Cc2ccc3ncccc3c2)CC1)C(F)(F)F. The van der Waals surface area contributed by atoms with Crippen LogP contribution in [-0.2, 0) is 6.54 Å². The fourth-order valence-corrected chi connectivity index (χ4v) is 3.18. The zero-order valence-corrected chi connectivity index (χ0v) is 12.6. The maximum atomic E-state index is 12.6. The fraction of sp³-hybridized carbons (Fsp3) is 0.471. The van der Waals surface area contributed by atoms with Crippen LogP contribution < -0.4 is 0 Å². The molecule has 1 N–H and O–H groups in total. The van der Waals surface area contributed by atoms with E-state index in [1.165, 1.54) is 0 Å². The van der Waals surface area contributed by atoms with Crippen molar-refractivity contribution in [2.75, 3.05) is 13.1 Å². The Morgan fingerprint density at radius 3 is 2.65 bits per heavy atom. The third kappa shape index (κ3) is 3.82. The lowest BCUT2D eigenvalue weighted by atomic mass is 9.90. The van der Waals surface area contributed by atoms with Gasteiger partial charge >= 0.3 is 6.18 Å². The van der Waals surface area contributed by atoms with E-state index in [4.69, 9.17) is 0 Å². The number of nitrogens with zero attached hydrogens (tertiary/aromatic N) is 2. The molecule has 1 aliphatic heterocycles. The lowest BCUT2D eigenvalue weighted by molar-refractivity contribution is -0.223. The molecular weight excluding hydrogens is 305 g/mol. The van der Waals surface area contributed by atoms with Crippen molar-refractivity contribution < 1.29 is 18.3 Å². The van der Waals surface area contributed by atoms with E-state index < -0.39 is 18.2 Å². The number of rotatable bonds is 3. The van der Waals surface area contributed by atoms with E-state index >= 15 is 0 Å². The number of halogens is 3. The van der Waals surface area contributed by atoms with Crippen molar-refractivity contribution >= 4 is 10.9 Å². The Morgan fingerprint density at radius 2 is 1.96 bits per heavy atom. The molecule has 3 rings (SSSR count). The third-order valence-corrected chi connectivity index (χ3v) is 4.49. The molecule has 2 heterocycles. The summed E-state index contributed by atoms with van der Waals surface area (Å²) in [6.45, 7) is 1.85. The Bertz CT molecular complexity index is 666. The molecule has 1 aliphatic rings. The minimum atomic E-state index is -4.52. The zero-order valence-electron chi connectivity index (χ0n) is 12.6. The van der Waals surface area contributed by atoms with Crippen molar-refractivity contribution in [3.8, 4) is 0 Å². The number of aliphatic hydroxyl groups excluding tert-OH is 1. The Labute approximate surface area is 132 Å². The first-order chi connectivity index (χ1) is 10.9. The molecule has 6 heteroatoms. The second-order valence-corrected chi connectivity index (χ2v) is 6.13. The van der Waals surface area contributed by atoms with Crippen molar-refractivity contribution in [2.24, 2.45) is 5.92 Å². The predicted molar refractivity (Wildman–Crippen MR) is 81.8 cm³/mol. The van der Waals surface area contributed by atoms with Gasteiger partial charge in [-0.25, -0.2) is 0 Å². The van der Waals surface area contributed by atoms with Gasteiger partial charge < -0.3 is 5.11 Å². The van der Waals surface area contributed by atoms with E-state index in [2.05, 4.69) is 16.0 Å². The smallest absolute Gasteiger partial charge is 0.383 e. The molecule has 0 bridgehead atoms. The quantitative estimate of drug-likeness (QED) is 0.940. The molecule has 124 valence electrons. The lowest BCUT2D eigenvalue weighted by Gasteiger charge is -2.34. The number of benzene rings is 1. The van der Waals surface area contributed by atoms with Gasteiger partial charge in [-0.3, -0.25) is 9.88 Å². The molecule has 1 aromatic heterocycles. The highest BCUT2D eigenvalue weighted by molar-refractivity contribution is 5.78. The summed E-state index contributed by atoms with van der Waals surface area (Å²) >= 11 is 0. The average Bonchev–Trinajstić information content (AvgIpc) is 2.54. The van der Waals surface area contributed by atoms with Gasteiger partial charge in [-0.15, -0.1) is 0 Å². The zero-order chi connectivity index (χ0) is 16.4. The van der Waals surface area contributed by atoms with E-state index in [0.717, 1.165) is 16.5 Å². The molecule has 0 radical (unpaired) electrons. The van der Waals surface area contributed by atoms with Gasteiger partial charge in [0.05, 0.1) is 5.52 Å². The van der Waals surface area contributed by atoms with E-state index in [1.807, 2.05) is 24.3 Å². The Kier molecular flexibility index (Phi) is 4.55. The third-order valence-electron chi connectivity index (χ3n) is 4.49. The Hall–Kier alpha value is -1.66. The molecule has 1 unspecified atom stereocenters. The van der Waals surface area contributed by atoms with Crippen LogP contribution in [-0.4, -0.2) is 40.4 Å².